The second kappa shape index (κ2) is 11.9. The van der Waals surface area contributed by atoms with Crippen molar-refractivity contribution < 1.29 is 19.0 Å². The minimum atomic E-state index is -0.507. The Morgan fingerprint density at radius 3 is 2.02 bits per heavy atom. The lowest BCUT2D eigenvalue weighted by Gasteiger charge is -2.32. The Morgan fingerprint density at radius 2 is 1.43 bits per heavy atom. The Balaban J connectivity index is 1.56. The van der Waals surface area contributed by atoms with E-state index in [1.54, 1.807) is 31.4 Å². The highest BCUT2D eigenvalue weighted by Crippen LogP contribution is 2.42. The third-order valence-electron chi connectivity index (χ3n) is 6.46. The molecule has 1 aliphatic heterocycles. The summed E-state index contributed by atoms with van der Waals surface area (Å²) in [6.07, 6.45) is -0.507. The maximum atomic E-state index is 12.9. The molecule has 0 fully saturated rings. The van der Waals surface area contributed by atoms with Gasteiger partial charge in [-0.3, -0.25) is 9.69 Å². The summed E-state index contributed by atoms with van der Waals surface area (Å²) in [7, 11) is 3.21. The molecule has 0 saturated heterocycles. The van der Waals surface area contributed by atoms with Crippen LogP contribution in [0.1, 0.15) is 24.2 Å². The molecule has 1 atom stereocenters. The molecule has 4 aromatic carbocycles. The lowest BCUT2D eigenvalue weighted by molar-refractivity contribution is -0.111. The highest BCUT2D eigenvalue weighted by Gasteiger charge is 2.39. The van der Waals surface area contributed by atoms with Crippen LogP contribution in [0.15, 0.2) is 96.1 Å². The molecule has 0 unspecified atom stereocenters. The van der Waals surface area contributed by atoms with E-state index >= 15 is 0 Å². The molecule has 0 aromatic heterocycles. The summed E-state index contributed by atoms with van der Waals surface area (Å²) in [5.41, 5.74) is 3.36. The molecule has 9 heteroatoms. The first-order valence-electron chi connectivity index (χ1n) is 12.5. The van der Waals surface area contributed by atoms with Crippen molar-refractivity contribution in [3.63, 3.8) is 0 Å². The van der Waals surface area contributed by atoms with Gasteiger partial charge in [-0.15, -0.1) is 5.10 Å². The van der Waals surface area contributed by atoms with Crippen LogP contribution in [0.4, 0.5) is 11.4 Å². The van der Waals surface area contributed by atoms with Crippen LogP contribution >= 0.6 is 23.2 Å². The van der Waals surface area contributed by atoms with Crippen molar-refractivity contribution >= 4 is 46.2 Å². The van der Waals surface area contributed by atoms with E-state index in [0.29, 0.717) is 39.7 Å². The first-order chi connectivity index (χ1) is 19.4. The molecule has 0 saturated carbocycles. The van der Waals surface area contributed by atoms with E-state index in [1.807, 2.05) is 83.8 Å². The fourth-order valence-electron chi connectivity index (χ4n) is 4.47. The number of hydrogen-bond acceptors (Lipinski definition) is 7. The largest absolute Gasteiger partial charge is 0.497 e. The van der Waals surface area contributed by atoms with Gasteiger partial charge in [0.25, 0.3) is 0 Å². The van der Waals surface area contributed by atoms with E-state index in [1.165, 1.54) is 6.92 Å². The van der Waals surface area contributed by atoms with Crippen molar-refractivity contribution in [3.8, 4) is 17.2 Å². The first kappa shape index (κ1) is 27.4. The van der Waals surface area contributed by atoms with E-state index in [2.05, 4.69) is 0 Å². The van der Waals surface area contributed by atoms with Crippen molar-refractivity contribution in [2.75, 3.05) is 24.1 Å². The summed E-state index contributed by atoms with van der Waals surface area (Å²) in [6, 6.07) is 28.0. The molecule has 1 heterocycles. The number of hydrogen-bond donors (Lipinski definition) is 0. The van der Waals surface area contributed by atoms with E-state index in [0.717, 1.165) is 22.5 Å². The van der Waals surface area contributed by atoms with Crippen molar-refractivity contribution in [1.29, 1.82) is 0 Å². The Hall–Kier alpha value is -4.20. The van der Waals surface area contributed by atoms with Crippen LogP contribution in [-0.2, 0) is 11.4 Å². The summed E-state index contributed by atoms with van der Waals surface area (Å²) in [6.45, 7) is 1.86. The van der Waals surface area contributed by atoms with Crippen molar-refractivity contribution in [2.45, 2.75) is 19.7 Å². The number of Topliss-reactive ketones (excluding diaryl/α,β-unsaturated/α-hetero) is 1. The fraction of sp³-hybridized carbons (Fsp3) is 0.161. The Labute approximate surface area is 243 Å². The van der Waals surface area contributed by atoms with Gasteiger partial charge in [0, 0.05) is 28.2 Å². The molecular weight excluding hydrogens is 549 g/mol. The Morgan fingerprint density at radius 1 is 0.800 bits per heavy atom. The number of ether oxygens (including phenoxy) is 3. The molecule has 5 rings (SSSR count). The summed E-state index contributed by atoms with van der Waals surface area (Å²) in [4.78, 5) is 14.8. The number of methoxy groups -OCH3 is 2. The zero-order valence-electron chi connectivity index (χ0n) is 22.2. The van der Waals surface area contributed by atoms with E-state index < -0.39 is 6.17 Å². The number of hydrazone groups is 1. The highest BCUT2D eigenvalue weighted by molar-refractivity contribution is 6.44. The topological polar surface area (TPSA) is 63.6 Å². The summed E-state index contributed by atoms with van der Waals surface area (Å²) >= 11 is 12.2. The fourth-order valence-corrected chi connectivity index (χ4v) is 4.72. The predicted molar refractivity (Wildman–Crippen MR) is 159 cm³/mol. The minimum Gasteiger partial charge on any atom is -0.497 e. The summed E-state index contributed by atoms with van der Waals surface area (Å²) < 4.78 is 17.2. The molecule has 0 bridgehead atoms. The van der Waals surface area contributed by atoms with Crippen LogP contribution in [0.3, 0.4) is 0 Å². The van der Waals surface area contributed by atoms with Gasteiger partial charge in [-0.2, -0.15) is 0 Å². The number of ketones is 1. The average molecular weight is 576 g/mol. The number of benzene rings is 4. The zero-order valence-corrected chi connectivity index (χ0v) is 23.7. The molecule has 1 aliphatic rings. The van der Waals surface area contributed by atoms with Gasteiger partial charge in [-0.1, -0.05) is 41.4 Å². The van der Waals surface area contributed by atoms with Gasteiger partial charge in [0.1, 0.15) is 12.4 Å². The summed E-state index contributed by atoms with van der Waals surface area (Å²) in [5.74, 6) is 1.97. The van der Waals surface area contributed by atoms with Crippen molar-refractivity contribution in [3.05, 3.63) is 112 Å². The highest BCUT2D eigenvalue weighted by atomic mass is 35.5. The molecule has 0 amide bonds. The number of nitrogens with zero attached hydrogens (tertiary/aromatic N) is 3. The van der Waals surface area contributed by atoms with E-state index in [-0.39, 0.29) is 5.78 Å². The maximum absolute atomic E-state index is 12.9. The van der Waals surface area contributed by atoms with Crippen molar-refractivity contribution in [2.24, 2.45) is 5.10 Å². The Bertz CT molecular complexity index is 1520. The second-order valence-electron chi connectivity index (χ2n) is 9.07. The van der Waals surface area contributed by atoms with Crippen LogP contribution < -0.4 is 24.1 Å². The third kappa shape index (κ3) is 5.71. The average Bonchev–Trinajstić information content (AvgIpc) is 3.38. The molecular formula is C31H27Cl2N3O4. The Kier molecular flexibility index (Phi) is 8.14. The first-order valence-corrected chi connectivity index (χ1v) is 13.3. The molecule has 0 aliphatic carbocycles. The minimum absolute atomic E-state index is 0.174. The molecule has 204 valence electrons. The number of rotatable bonds is 9. The van der Waals surface area contributed by atoms with Gasteiger partial charge in [0.15, 0.2) is 29.3 Å². The van der Waals surface area contributed by atoms with Crippen LogP contribution in [0, 0.1) is 0 Å². The normalized spacial score (nSPS) is 14.6. The second-order valence-corrected chi connectivity index (χ2v) is 9.94. The van der Waals surface area contributed by atoms with Gasteiger partial charge in [-0.25, -0.2) is 5.01 Å². The maximum Gasteiger partial charge on any atom is 0.198 e. The van der Waals surface area contributed by atoms with Crippen LogP contribution in [0.2, 0.25) is 10.0 Å². The molecule has 4 aromatic rings. The number of anilines is 2. The standard InChI is InChI=1S/C31H27Cl2N3O4/c1-20(37)30-34-36(26-11-9-24(33)10-12-26)31(35(30)25-13-15-27(38-2)16-14-25)22-6-17-28(29(18-22)39-3)40-19-21-4-7-23(32)8-5-21/h4-18,31H,19H2,1-3H3/t31-/m1/s1. The third-order valence-corrected chi connectivity index (χ3v) is 6.96. The quantitative estimate of drug-likeness (QED) is 0.205. The van der Waals surface area contributed by atoms with E-state index in [4.69, 9.17) is 42.5 Å². The number of carbonyl (C=O) groups excluding carboxylic acids is 1. The SMILES string of the molecule is COc1ccc(N2C(C(C)=O)=NN(c3ccc(Cl)cc3)[C@@H]2c2ccc(OCc3ccc(Cl)cc3)c(OC)c2)cc1. The molecule has 7 nitrogen and oxygen atoms in total. The van der Waals surface area contributed by atoms with Crippen molar-refractivity contribution in [1.82, 2.24) is 0 Å². The lowest BCUT2D eigenvalue weighted by atomic mass is 10.1. The molecule has 0 N–H and O–H groups in total. The smallest absolute Gasteiger partial charge is 0.198 e. The van der Waals surface area contributed by atoms with Crippen LogP contribution in [0.5, 0.6) is 17.2 Å². The lowest BCUT2D eigenvalue weighted by Crippen LogP contribution is -2.37. The van der Waals surface area contributed by atoms with Gasteiger partial charge in [0.2, 0.25) is 0 Å². The van der Waals surface area contributed by atoms with Gasteiger partial charge in [0.05, 0.1) is 19.9 Å². The van der Waals surface area contributed by atoms with Crippen LogP contribution in [-0.4, -0.2) is 25.8 Å². The number of halogens is 2. The molecule has 40 heavy (non-hydrogen) atoms. The van der Waals surface area contributed by atoms with E-state index in [9.17, 15) is 4.79 Å². The number of carbonyl (C=O) groups is 1. The van der Waals surface area contributed by atoms with Gasteiger partial charge in [-0.05, 0) is 78.4 Å². The number of amidine groups is 1. The predicted octanol–water partition coefficient (Wildman–Crippen LogP) is 7.52. The van der Waals surface area contributed by atoms with Gasteiger partial charge >= 0.3 is 0 Å². The molecule has 0 radical (unpaired) electrons. The molecule has 0 spiro atoms. The van der Waals surface area contributed by atoms with Gasteiger partial charge < -0.3 is 14.2 Å². The zero-order chi connectivity index (χ0) is 28.2. The van der Waals surface area contributed by atoms with Crippen LogP contribution in [0.25, 0.3) is 0 Å². The summed E-state index contributed by atoms with van der Waals surface area (Å²) in [5, 5.41) is 7.85. The monoisotopic (exact) mass is 575 g/mol.